The number of carbonyl (C=O) groups is 2. The number of thioether (sulfide) groups is 1. The first kappa shape index (κ1) is 25.4. The second-order valence-electron chi connectivity index (χ2n) is 7.66. The second kappa shape index (κ2) is 11.4. The average Bonchev–Trinajstić information content (AvgIpc) is 2.81. The van der Waals surface area contributed by atoms with E-state index < -0.39 is 5.25 Å². The fourth-order valence-corrected chi connectivity index (χ4v) is 5.22. The molecule has 0 radical (unpaired) electrons. The molecule has 1 N–H and O–H groups in total. The van der Waals surface area contributed by atoms with E-state index in [0.717, 1.165) is 11.3 Å². The number of rotatable bonds is 6. The number of ether oxygens (including phenoxy) is 1. The molecule has 10 heteroatoms. The molecule has 1 unspecified atom stereocenters. The minimum atomic E-state index is -0.690. The number of aliphatic imine (C=N–C) groups is 1. The van der Waals surface area contributed by atoms with Gasteiger partial charge >= 0.3 is 0 Å². The predicted molar refractivity (Wildman–Crippen MR) is 143 cm³/mol. The van der Waals surface area contributed by atoms with Crippen molar-refractivity contribution in [3.8, 4) is 5.75 Å². The van der Waals surface area contributed by atoms with Crippen molar-refractivity contribution in [3.05, 3.63) is 87.4 Å². The molecule has 0 spiro atoms. The maximum atomic E-state index is 13.2. The normalized spacial score (nSPS) is 16.9. The van der Waals surface area contributed by atoms with Crippen molar-refractivity contribution < 1.29 is 14.3 Å². The van der Waals surface area contributed by atoms with Gasteiger partial charge in [-0.05, 0) is 54.1 Å². The topological polar surface area (TPSA) is 71.0 Å². The number of amidine groups is 1. The van der Waals surface area contributed by atoms with Gasteiger partial charge in [-0.3, -0.25) is 14.5 Å². The number of amides is 2. The van der Waals surface area contributed by atoms with Gasteiger partial charge in [-0.25, -0.2) is 4.99 Å². The van der Waals surface area contributed by atoms with E-state index in [0.29, 0.717) is 38.2 Å². The molecule has 1 aliphatic rings. The van der Waals surface area contributed by atoms with Crippen LogP contribution in [0.15, 0.2) is 71.7 Å². The molecule has 1 saturated heterocycles. The Kier molecular flexibility index (Phi) is 8.23. The van der Waals surface area contributed by atoms with E-state index in [1.54, 1.807) is 54.5 Å². The van der Waals surface area contributed by atoms with Gasteiger partial charge in [0.15, 0.2) is 5.17 Å². The second-order valence-corrected chi connectivity index (χ2v) is 10.1. The van der Waals surface area contributed by atoms with Gasteiger partial charge in [0.25, 0.3) is 0 Å². The van der Waals surface area contributed by atoms with Gasteiger partial charge in [0.05, 0.1) is 19.3 Å². The summed E-state index contributed by atoms with van der Waals surface area (Å²) in [5.41, 5.74) is 1.93. The number of anilines is 1. The van der Waals surface area contributed by atoms with Crippen molar-refractivity contribution in [2.24, 2.45) is 4.99 Å². The van der Waals surface area contributed by atoms with Gasteiger partial charge in [-0.1, -0.05) is 64.8 Å². The zero-order valence-electron chi connectivity index (χ0n) is 18.5. The van der Waals surface area contributed by atoms with Gasteiger partial charge in [0.2, 0.25) is 11.8 Å². The molecule has 6 nitrogen and oxygen atoms in total. The van der Waals surface area contributed by atoms with Crippen molar-refractivity contribution in [2.75, 3.05) is 12.4 Å². The Bertz CT molecular complexity index is 1260. The van der Waals surface area contributed by atoms with Crippen molar-refractivity contribution in [1.82, 2.24) is 4.90 Å². The van der Waals surface area contributed by atoms with Gasteiger partial charge in [0, 0.05) is 27.2 Å². The summed E-state index contributed by atoms with van der Waals surface area (Å²) in [7, 11) is 1.60. The Morgan fingerprint density at radius 3 is 2.43 bits per heavy atom. The molecule has 3 aromatic carbocycles. The summed E-state index contributed by atoms with van der Waals surface area (Å²) >= 11 is 19.4. The van der Waals surface area contributed by atoms with Crippen LogP contribution >= 0.6 is 46.6 Å². The van der Waals surface area contributed by atoms with Crippen molar-refractivity contribution in [2.45, 2.75) is 18.2 Å². The third-order valence-corrected chi connectivity index (χ3v) is 6.95. The van der Waals surface area contributed by atoms with E-state index in [1.807, 2.05) is 24.3 Å². The Labute approximate surface area is 222 Å². The number of hydrogen-bond donors (Lipinski definition) is 1. The fraction of sp³-hybridized carbons (Fsp3) is 0.160. The molecule has 4 rings (SSSR count). The van der Waals surface area contributed by atoms with E-state index in [2.05, 4.69) is 10.3 Å². The Balaban J connectivity index is 1.60. The Morgan fingerprint density at radius 1 is 1.06 bits per heavy atom. The van der Waals surface area contributed by atoms with Crippen LogP contribution in [-0.2, 0) is 16.1 Å². The minimum absolute atomic E-state index is 0.00944. The number of benzene rings is 3. The number of halogens is 3. The number of hydrogen-bond acceptors (Lipinski definition) is 5. The lowest BCUT2D eigenvalue weighted by Gasteiger charge is -2.32. The van der Waals surface area contributed by atoms with Crippen LogP contribution in [0.3, 0.4) is 0 Å². The Hall–Kier alpha value is -2.71. The highest BCUT2D eigenvalue weighted by molar-refractivity contribution is 8.15. The zero-order valence-corrected chi connectivity index (χ0v) is 21.6. The van der Waals surface area contributed by atoms with Crippen LogP contribution in [0.1, 0.15) is 12.0 Å². The zero-order chi connectivity index (χ0) is 24.9. The van der Waals surface area contributed by atoms with Crippen molar-refractivity contribution >= 4 is 74.9 Å². The van der Waals surface area contributed by atoms with Crippen LogP contribution in [0.5, 0.6) is 5.75 Å². The molecule has 1 heterocycles. The van der Waals surface area contributed by atoms with E-state index in [4.69, 9.17) is 39.5 Å². The molecule has 0 bridgehead atoms. The number of carbonyl (C=O) groups excluding carboxylic acids is 2. The molecule has 1 atom stereocenters. The Morgan fingerprint density at radius 2 is 1.77 bits per heavy atom. The molecule has 0 saturated carbocycles. The van der Waals surface area contributed by atoms with Crippen LogP contribution in [0, 0.1) is 0 Å². The number of nitrogens with zero attached hydrogens (tertiary/aromatic N) is 2. The van der Waals surface area contributed by atoms with Crippen LogP contribution in [0.25, 0.3) is 0 Å². The highest BCUT2D eigenvalue weighted by atomic mass is 35.5. The fourth-order valence-electron chi connectivity index (χ4n) is 3.42. The first-order valence-corrected chi connectivity index (χ1v) is 12.5. The summed E-state index contributed by atoms with van der Waals surface area (Å²) < 4.78 is 5.21. The SMILES string of the molecule is COc1ccc(CN2C(=O)CC(C(=O)Nc3cc(Cl)cc(Cl)c3)SC2=Nc2cccc(Cl)c2)cc1. The molecule has 2 amide bonds. The predicted octanol–water partition coefficient (Wildman–Crippen LogP) is 6.82. The van der Waals surface area contributed by atoms with Crippen LogP contribution in [0.2, 0.25) is 15.1 Å². The van der Waals surface area contributed by atoms with Gasteiger partial charge in [-0.2, -0.15) is 0 Å². The standard InChI is InChI=1S/C25H20Cl3N3O3S/c1-34-21-7-5-15(6-8-21)14-31-23(32)13-22(24(33)29-20-11-17(27)9-18(28)12-20)35-25(31)30-19-4-2-3-16(26)10-19/h2-12,22H,13-14H2,1H3,(H,29,33). The van der Waals surface area contributed by atoms with Crippen molar-refractivity contribution in [3.63, 3.8) is 0 Å². The van der Waals surface area contributed by atoms with Crippen LogP contribution < -0.4 is 10.1 Å². The highest BCUT2D eigenvalue weighted by Crippen LogP contribution is 2.32. The molecule has 180 valence electrons. The van der Waals surface area contributed by atoms with E-state index >= 15 is 0 Å². The van der Waals surface area contributed by atoms with Crippen LogP contribution in [-0.4, -0.2) is 34.2 Å². The van der Waals surface area contributed by atoms with E-state index in [9.17, 15) is 9.59 Å². The lowest BCUT2D eigenvalue weighted by atomic mass is 10.2. The third-order valence-electron chi connectivity index (χ3n) is 5.09. The molecule has 0 aromatic heterocycles. The summed E-state index contributed by atoms with van der Waals surface area (Å²) in [6, 6.07) is 19.2. The molecular formula is C25H20Cl3N3O3S. The summed E-state index contributed by atoms with van der Waals surface area (Å²) in [4.78, 5) is 32.5. The lowest BCUT2D eigenvalue weighted by molar-refractivity contribution is -0.129. The third kappa shape index (κ3) is 6.70. The minimum Gasteiger partial charge on any atom is -0.497 e. The quantitative estimate of drug-likeness (QED) is 0.367. The number of methoxy groups -OCH3 is 1. The van der Waals surface area contributed by atoms with Gasteiger partial charge < -0.3 is 10.1 Å². The highest BCUT2D eigenvalue weighted by Gasteiger charge is 2.36. The molecular weight excluding hydrogens is 529 g/mol. The van der Waals surface area contributed by atoms with Crippen molar-refractivity contribution in [1.29, 1.82) is 0 Å². The molecule has 3 aromatic rings. The number of nitrogens with one attached hydrogen (secondary N) is 1. The summed E-state index contributed by atoms with van der Waals surface area (Å²) in [6.45, 7) is 0.299. The molecule has 1 aliphatic heterocycles. The molecule has 0 aliphatic carbocycles. The summed E-state index contributed by atoms with van der Waals surface area (Å²) in [5, 5.41) is 3.83. The van der Waals surface area contributed by atoms with Gasteiger partial charge in [0.1, 0.15) is 11.0 Å². The van der Waals surface area contributed by atoms with Gasteiger partial charge in [-0.15, -0.1) is 0 Å². The molecule has 1 fully saturated rings. The van der Waals surface area contributed by atoms with Crippen LogP contribution in [0.4, 0.5) is 11.4 Å². The summed E-state index contributed by atoms with van der Waals surface area (Å²) in [5.74, 6) is 0.160. The maximum absolute atomic E-state index is 13.2. The monoisotopic (exact) mass is 547 g/mol. The smallest absolute Gasteiger partial charge is 0.238 e. The average molecular weight is 549 g/mol. The first-order chi connectivity index (χ1) is 16.8. The molecule has 35 heavy (non-hydrogen) atoms. The van der Waals surface area contributed by atoms with E-state index in [-0.39, 0.29) is 18.2 Å². The lowest BCUT2D eigenvalue weighted by Crippen LogP contribution is -2.44. The van der Waals surface area contributed by atoms with E-state index in [1.165, 1.54) is 11.8 Å². The maximum Gasteiger partial charge on any atom is 0.238 e. The first-order valence-electron chi connectivity index (χ1n) is 10.5. The summed E-state index contributed by atoms with van der Waals surface area (Å²) in [6.07, 6.45) is 0.00944. The largest absolute Gasteiger partial charge is 0.497 e.